The highest BCUT2D eigenvalue weighted by Crippen LogP contribution is 2.43. The number of methoxy groups -OCH3 is 1. The van der Waals surface area contributed by atoms with Crippen molar-refractivity contribution in [2.24, 2.45) is 0 Å². The fourth-order valence-electron chi connectivity index (χ4n) is 9.64. The SMILES string of the molecule is CN(C)CC(c1ccc(O)cc1)C1(O)CCCCC1.CN(C)CC(c1ccc(O)cc1)C1(O)CCCCC1.COc1ccc(C(CN(C)C)C2(O)CCCCC2)cc1. The highest BCUT2D eigenvalue weighted by molar-refractivity contribution is 5.33. The molecule has 3 aliphatic carbocycles. The summed E-state index contributed by atoms with van der Waals surface area (Å²) >= 11 is 0. The van der Waals surface area contributed by atoms with Crippen LogP contribution >= 0.6 is 0 Å². The molecule has 9 nitrogen and oxygen atoms in total. The van der Waals surface area contributed by atoms with Gasteiger partial charge in [0.25, 0.3) is 0 Å². The smallest absolute Gasteiger partial charge is 0.118 e. The summed E-state index contributed by atoms with van der Waals surface area (Å²) in [4.78, 5) is 6.43. The van der Waals surface area contributed by atoms with Gasteiger partial charge in [-0.3, -0.25) is 0 Å². The van der Waals surface area contributed by atoms with E-state index in [9.17, 15) is 25.5 Å². The van der Waals surface area contributed by atoms with E-state index in [4.69, 9.17) is 4.74 Å². The Kier molecular flexibility index (Phi) is 18.4. The molecule has 0 radical (unpaired) electrons. The molecule has 5 N–H and O–H groups in total. The molecule has 3 unspecified atom stereocenters. The van der Waals surface area contributed by atoms with Crippen LogP contribution in [0.5, 0.6) is 17.2 Å². The second-order valence-corrected chi connectivity index (χ2v) is 18.4. The number of benzene rings is 3. The molecule has 3 saturated carbocycles. The van der Waals surface area contributed by atoms with Gasteiger partial charge in [0, 0.05) is 37.4 Å². The maximum absolute atomic E-state index is 11.1. The number of ether oxygens (including phenoxy) is 1. The van der Waals surface area contributed by atoms with E-state index in [1.165, 1.54) is 24.8 Å². The van der Waals surface area contributed by atoms with Crippen molar-refractivity contribution in [2.45, 2.75) is 131 Å². The quantitative estimate of drug-likeness (QED) is 0.116. The highest BCUT2D eigenvalue weighted by atomic mass is 16.5. The van der Waals surface area contributed by atoms with Crippen LogP contribution in [0.1, 0.15) is 131 Å². The summed E-state index contributed by atoms with van der Waals surface area (Å²) in [5, 5.41) is 52.0. The van der Waals surface area contributed by atoms with Crippen molar-refractivity contribution in [1.82, 2.24) is 14.7 Å². The summed E-state index contributed by atoms with van der Waals surface area (Å²) in [6, 6.07) is 22.8. The van der Waals surface area contributed by atoms with Crippen molar-refractivity contribution >= 4 is 0 Å². The standard InChI is InChI=1S/C17H27NO2.2C16H25NO2/c1-18(2)13-16(17(19)11-5-4-6-12-17)14-7-9-15(20-3)10-8-14;2*1-17(2)12-15(13-6-8-14(18)9-7-13)16(19)10-4-3-5-11-16/h7-10,16,19H,4-6,11-13H2,1-3H3;2*6-9,15,18-19H,3-5,10-12H2,1-2H3. The molecule has 58 heavy (non-hydrogen) atoms. The van der Waals surface area contributed by atoms with E-state index in [0.717, 1.165) is 114 Å². The topological polar surface area (TPSA) is 120 Å². The van der Waals surface area contributed by atoms with Crippen LogP contribution in [0.3, 0.4) is 0 Å². The molecule has 3 aromatic rings. The van der Waals surface area contributed by atoms with Gasteiger partial charge in [0.1, 0.15) is 17.2 Å². The maximum Gasteiger partial charge on any atom is 0.118 e. The Morgan fingerprint density at radius 3 is 0.897 bits per heavy atom. The molecule has 3 aliphatic rings. The molecular weight excluding hydrogens is 727 g/mol. The second kappa shape index (κ2) is 22.4. The van der Waals surface area contributed by atoms with Gasteiger partial charge in [-0.05, 0) is 134 Å². The molecule has 0 heterocycles. The number of aliphatic hydroxyl groups is 3. The minimum absolute atomic E-state index is 0.114. The van der Waals surface area contributed by atoms with Crippen molar-refractivity contribution in [3.8, 4) is 17.2 Å². The van der Waals surface area contributed by atoms with Gasteiger partial charge in [-0.15, -0.1) is 0 Å². The molecule has 3 atom stereocenters. The summed E-state index contributed by atoms with van der Waals surface area (Å²) in [5.74, 6) is 1.83. The zero-order valence-electron chi connectivity index (χ0n) is 36.9. The van der Waals surface area contributed by atoms with Crippen molar-refractivity contribution in [3.05, 3.63) is 89.5 Å². The number of phenolic OH excluding ortho intramolecular Hbond substituents is 2. The number of aromatic hydroxyl groups is 2. The second-order valence-electron chi connectivity index (χ2n) is 18.4. The van der Waals surface area contributed by atoms with Crippen LogP contribution in [0.15, 0.2) is 72.8 Å². The van der Waals surface area contributed by atoms with Gasteiger partial charge in [0.15, 0.2) is 0 Å². The molecular formula is C49H77N3O6. The predicted octanol–water partition coefficient (Wildman–Crippen LogP) is 8.50. The molecule has 0 saturated heterocycles. The lowest BCUT2D eigenvalue weighted by atomic mass is 9.72. The number of nitrogens with zero attached hydrogens (tertiary/aromatic N) is 3. The summed E-state index contributed by atoms with van der Waals surface area (Å²) in [6.07, 6.45) is 15.8. The first-order valence-electron chi connectivity index (χ1n) is 21.9. The Morgan fingerprint density at radius 2 is 0.672 bits per heavy atom. The number of rotatable bonds is 13. The van der Waals surface area contributed by atoms with E-state index in [-0.39, 0.29) is 29.3 Å². The van der Waals surface area contributed by atoms with E-state index >= 15 is 0 Å². The Bertz CT molecular complexity index is 1500. The first-order valence-corrected chi connectivity index (χ1v) is 21.9. The summed E-state index contributed by atoms with van der Waals surface area (Å²) in [7, 11) is 14.0. The van der Waals surface area contributed by atoms with Crippen molar-refractivity contribution in [1.29, 1.82) is 0 Å². The van der Waals surface area contributed by atoms with Crippen LogP contribution < -0.4 is 4.74 Å². The van der Waals surface area contributed by atoms with E-state index in [2.05, 4.69) is 40.9 Å². The van der Waals surface area contributed by atoms with Crippen LogP contribution in [-0.4, -0.2) is 126 Å². The third kappa shape index (κ3) is 14.0. The van der Waals surface area contributed by atoms with Crippen LogP contribution in [0, 0.1) is 0 Å². The average molecular weight is 804 g/mol. The fraction of sp³-hybridized carbons (Fsp3) is 0.633. The van der Waals surface area contributed by atoms with Crippen LogP contribution in [0.25, 0.3) is 0 Å². The van der Waals surface area contributed by atoms with Gasteiger partial charge in [-0.25, -0.2) is 0 Å². The summed E-state index contributed by atoms with van der Waals surface area (Å²) in [5.41, 5.74) is 1.70. The minimum atomic E-state index is -0.598. The van der Waals surface area contributed by atoms with Gasteiger partial charge in [-0.2, -0.15) is 0 Å². The van der Waals surface area contributed by atoms with E-state index in [1.54, 1.807) is 31.4 Å². The van der Waals surface area contributed by atoms with Gasteiger partial charge >= 0.3 is 0 Å². The Labute approximate surface area is 350 Å². The van der Waals surface area contributed by atoms with Crippen LogP contribution in [0.4, 0.5) is 0 Å². The summed E-state index contributed by atoms with van der Waals surface area (Å²) < 4.78 is 5.23. The van der Waals surface area contributed by atoms with Gasteiger partial charge in [0.2, 0.25) is 0 Å². The molecule has 6 rings (SSSR count). The van der Waals surface area contributed by atoms with E-state index < -0.39 is 16.8 Å². The molecule has 0 spiro atoms. The molecule has 0 aromatic heterocycles. The number of likely N-dealkylation sites (N-methyl/N-ethyl adjacent to an activating group) is 3. The number of hydrogen-bond acceptors (Lipinski definition) is 9. The monoisotopic (exact) mass is 804 g/mol. The van der Waals surface area contributed by atoms with Crippen molar-refractivity contribution in [2.75, 3.05) is 69.0 Å². The Morgan fingerprint density at radius 1 is 0.431 bits per heavy atom. The number of phenols is 2. The minimum Gasteiger partial charge on any atom is -0.508 e. The van der Waals surface area contributed by atoms with Gasteiger partial charge in [0.05, 0.1) is 23.9 Å². The lowest BCUT2D eigenvalue weighted by molar-refractivity contribution is -0.0280. The third-order valence-electron chi connectivity index (χ3n) is 12.9. The summed E-state index contributed by atoms with van der Waals surface area (Å²) in [6.45, 7) is 2.55. The van der Waals surface area contributed by atoms with Gasteiger partial charge < -0.3 is 45.0 Å². The molecule has 3 aromatic carbocycles. The number of hydrogen-bond donors (Lipinski definition) is 5. The van der Waals surface area contributed by atoms with Crippen LogP contribution in [-0.2, 0) is 0 Å². The van der Waals surface area contributed by atoms with Crippen molar-refractivity contribution in [3.63, 3.8) is 0 Å². The average Bonchev–Trinajstić information content (AvgIpc) is 3.20. The molecule has 324 valence electrons. The maximum atomic E-state index is 11.1. The molecule has 0 amide bonds. The van der Waals surface area contributed by atoms with E-state index in [0.29, 0.717) is 0 Å². The van der Waals surface area contributed by atoms with E-state index in [1.807, 2.05) is 64.6 Å². The largest absolute Gasteiger partial charge is 0.508 e. The highest BCUT2D eigenvalue weighted by Gasteiger charge is 2.41. The zero-order chi connectivity index (χ0) is 42.3. The normalized spacial score (nSPS) is 20.2. The molecule has 9 heteroatoms. The van der Waals surface area contributed by atoms with Gasteiger partial charge in [-0.1, -0.05) is 94.2 Å². The molecule has 3 fully saturated rings. The van der Waals surface area contributed by atoms with Crippen molar-refractivity contribution < 1.29 is 30.3 Å². The lowest BCUT2D eigenvalue weighted by Crippen LogP contribution is -2.42. The first kappa shape index (κ1) is 47.5. The molecule has 0 bridgehead atoms. The zero-order valence-corrected chi connectivity index (χ0v) is 36.9. The fourth-order valence-corrected chi connectivity index (χ4v) is 9.64. The predicted molar refractivity (Wildman–Crippen MR) is 237 cm³/mol. The lowest BCUT2D eigenvalue weighted by Gasteiger charge is -2.40. The Hall–Kier alpha value is -3.18. The first-order chi connectivity index (χ1) is 27.6. The van der Waals surface area contributed by atoms with Crippen LogP contribution in [0.2, 0.25) is 0 Å². The molecule has 0 aliphatic heterocycles. The Balaban J connectivity index is 0.000000193. The third-order valence-corrected chi connectivity index (χ3v) is 12.9.